The van der Waals surface area contributed by atoms with Crippen LogP contribution in [0.2, 0.25) is 5.02 Å². The highest BCUT2D eigenvalue weighted by Crippen LogP contribution is 2.28. The summed E-state index contributed by atoms with van der Waals surface area (Å²) in [5.41, 5.74) is 0.979. The summed E-state index contributed by atoms with van der Waals surface area (Å²) in [7, 11) is 0. The smallest absolute Gasteiger partial charge is 0.138 e. The maximum Gasteiger partial charge on any atom is 0.138 e. The van der Waals surface area contributed by atoms with E-state index in [-0.39, 0.29) is 6.10 Å². The van der Waals surface area contributed by atoms with Crippen molar-refractivity contribution in [2.45, 2.75) is 33.4 Å². The number of halogens is 1. The quantitative estimate of drug-likeness (QED) is 0.882. The molecule has 0 aliphatic heterocycles. The van der Waals surface area contributed by atoms with Gasteiger partial charge in [-0.05, 0) is 39.0 Å². The van der Waals surface area contributed by atoms with Crippen molar-refractivity contribution in [2.75, 3.05) is 5.32 Å². The van der Waals surface area contributed by atoms with Gasteiger partial charge >= 0.3 is 0 Å². The Morgan fingerprint density at radius 3 is 2.79 bits per heavy atom. The molecule has 0 aliphatic rings. The fourth-order valence-corrected chi connectivity index (χ4v) is 2.60. The summed E-state index contributed by atoms with van der Waals surface area (Å²) in [6.07, 6.45) is 2.02. The van der Waals surface area contributed by atoms with Gasteiger partial charge in [-0.3, -0.25) is 0 Å². The molecule has 0 aliphatic carbocycles. The highest BCUT2D eigenvalue weighted by Gasteiger charge is 2.05. The van der Waals surface area contributed by atoms with Crippen molar-refractivity contribution in [2.24, 2.45) is 0 Å². The number of hydrogen-bond acceptors (Lipinski definition) is 4. The number of thiazole rings is 1. The van der Waals surface area contributed by atoms with Gasteiger partial charge in [0.1, 0.15) is 5.75 Å². The number of aromatic nitrogens is 1. The summed E-state index contributed by atoms with van der Waals surface area (Å²) in [5.74, 6) is 0.718. The number of rotatable bonds is 5. The number of nitrogens with zero attached hydrogens (tertiary/aromatic N) is 1. The van der Waals surface area contributed by atoms with E-state index in [0.717, 1.165) is 23.0 Å². The highest BCUT2D eigenvalue weighted by atomic mass is 35.5. The van der Waals surface area contributed by atoms with Gasteiger partial charge in [0.25, 0.3) is 0 Å². The van der Waals surface area contributed by atoms with Crippen molar-refractivity contribution in [3.05, 3.63) is 39.3 Å². The van der Waals surface area contributed by atoms with Gasteiger partial charge < -0.3 is 10.1 Å². The third-order valence-electron chi connectivity index (χ3n) is 2.43. The fraction of sp³-hybridized carbons (Fsp3) is 0.357. The molecule has 19 heavy (non-hydrogen) atoms. The zero-order valence-corrected chi connectivity index (χ0v) is 12.8. The van der Waals surface area contributed by atoms with Gasteiger partial charge in [0, 0.05) is 16.8 Å². The molecule has 0 radical (unpaired) electrons. The molecule has 0 saturated heterocycles. The van der Waals surface area contributed by atoms with E-state index in [1.807, 2.05) is 45.2 Å². The zero-order valence-electron chi connectivity index (χ0n) is 11.2. The van der Waals surface area contributed by atoms with Crippen molar-refractivity contribution in [3.63, 3.8) is 0 Å². The molecule has 0 atom stereocenters. The average molecular weight is 297 g/mol. The van der Waals surface area contributed by atoms with E-state index < -0.39 is 0 Å². The topological polar surface area (TPSA) is 34.2 Å². The van der Waals surface area contributed by atoms with E-state index in [1.165, 1.54) is 4.88 Å². The first-order chi connectivity index (χ1) is 9.04. The molecule has 0 fully saturated rings. The lowest BCUT2D eigenvalue weighted by Gasteiger charge is -2.12. The Bertz CT molecular complexity index is 554. The molecule has 1 aromatic carbocycles. The molecule has 0 saturated carbocycles. The Morgan fingerprint density at radius 1 is 1.42 bits per heavy atom. The monoisotopic (exact) mass is 296 g/mol. The third-order valence-corrected chi connectivity index (χ3v) is 3.64. The van der Waals surface area contributed by atoms with Crippen LogP contribution in [0, 0.1) is 6.92 Å². The van der Waals surface area contributed by atoms with Crippen LogP contribution < -0.4 is 10.1 Å². The van der Waals surface area contributed by atoms with Crippen molar-refractivity contribution in [1.82, 2.24) is 4.98 Å². The zero-order chi connectivity index (χ0) is 13.8. The Labute approximate surface area is 122 Å². The van der Waals surface area contributed by atoms with Gasteiger partial charge in [0.05, 0.1) is 22.7 Å². The highest BCUT2D eigenvalue weighted by molar-refractivity contribution is 7.11. The molecule has 1 heterocycles. The van der Waals surface area contributed by atoms with E-state index >= 15 is 0 Å². The first-order valence-corrected chi connectivity index (χ1v) is 7.35. The summed E-state index contributed by atoms with van der Waals surface area (Å²) >= 11 is 7.88. The van der Waals surface area contributed by atoms with Crippen molar-refractivity contribution >= 4 is 28.6 Å². The average Bonchev–Trinajstić information content (AvgIpc) is 2.75. The fourth-order valence-electron chi connectivity index (χ4n) is 1.64. The Morgan fingerprint density at radius 2 is 2.21 bits per heavy atom. The second-order valence-corrected chi connectivity index (χ2v) is 6.24. The Hall–Kier alpha value is -1.26. The van der Waals surface area contributed by atoms with E-state index in [9.17, 15) is 0 Å². The molecular weight excluding hydrogens is 280 g/mol. The normalized spacial score (nSPS) is 10.8. The molecule has 1 aromatic heterocycles. The summed E-state index contributed by atoms with van der Waals surface area (Å²) in [6.45, 7) is 6.72. The maximum absolute atomic E-state index is 6.18. The Balaban J connectivity index is 1.99. The van der Waals surface area contributed by atoms with Crippen LogP contribution >= 0.6 is 22.9 Å². The minimum absolute atomic E-state index is 0.122. The predicted molar refractivity (Wildman–Crippen MR) is 81.4 cm³/mol. The van der Waals surface area contributed by atoms with Crippen LogP contribution in [0.1, 0.15) is 23.7 Å². The number of aryl methyl sites for hydroxylation is 1. The molecule has 3 nitrogen and oxygen atoms in total. The molecule has 102 valence electrons. The second kappa shape index (κ2) is 6.26. The lowest BCUT2D eigenvalue weighted by Crippen LogP contribution is -2.06. The van der Waals surface area contributed by atoms with E-state index in [1.54, 1.807) is 11.3 Å². The van der Waals surface area contributed by atoms with Crippen molar-refractivity contribution < 1.29 is 4.74 Å². The van der Waals surface area contributed by atoms with E-state index in [0.29, 0.717) is 5.02 Å². The van der Waals surface area contributed by atoms with E-state index in [2.05, 4.69) is 10.3 Å². The first-order valence-electron chi connectivity index (χ1n) is 6.16. The van der Waals surface area contributed by atoms with Gasteiger partial charge in [-0.2, -0.15) is 0 Å². The van der Waals surface area contributed by atoms with E-state index in [4.69, 9.17) is 16.3 Å². The number of nitrogens with one attached hydrogen (secondary N) is 1. The van der Waals surface area contributed by atoms with Crippen LogP contribution in [-0.4, -0.2) is 11.1 Å². The van der Waals surface area contributed by atoms with Crippen molar-refractivity contribution in [3.8, 4) is 5.75 Å². The van der Waals surface area contributed by atoms with Crippen LogP contribution in [0.5, 0.6) is 5.75 Å². The predicted octanol–water partition coefficient (Wildman–Crippen LogP) is 4.50. The Kier molecular flexibility index (Phi) is 4.66. The summed E-state index contributed by atoms with van der Waals surface area (Å²) in [4.78, 5) is 5.43. The number of hydrogen-bond donors (Lipinski definition) is 1. The molecule has 5 heteroatoms. The van der Waals surface area contributed by atoms with Gasteiger partial charge in [0.15, 0.2) is 0 Å². The molecule has 2 aromatic rings. The SMILES string of the molecule is Cc1ncc(CNc2ccc(OC(C)C)c(Cl)c2)s1. The molecular formula is C14H17ClN2OS. The second-order valence-electron chi connectivity index (χ2n) is 4.51. The summed E-state index contributed by atoms with van der Waals surface area (Å²) in [5, 5.41) is 5.03. The number of benzene rings is 1. The molecule has 0 bridgehead atoms. The largest absolute Gasteiger partial charge is 0.489 e. The lowest BCUT2D eigenvalue weighted by molar-refractivity contribution is 0.242. The summed E-state index contributed by atoms with van der Waals surface area (Å²) < 4.78 is 5.60. The molecule has 0 unspecified atom stereocenters. The van der Waals surface area contributed by atoms with Crippen molar-refractivity contribution in [1.29, 1.82) is 0 Å². The van der Waals surface area contributed by atoms with Gasteiger partial charge in [-0.15, -0.1) is 11.3 Å². The molecule has 0 spiro atoms. The first kappa shape index (κ1) is 14.2. The van der Waals surface area contributed by atoms with Crippen LogP contribution in [0.4, 0.5) is 5.69 Å². The van der Waals surface area contributed by atoms with Crippen LogP contribution in [0.25, 0.3) is 0 Å². The standard InChI is InChI=1S/C14H17ClN2OS/c1-9(2)18-14-5-4-11(6-13(14)15)17-8-12-7-16-10(3)19-12/h4-7,9,17H,8H2,1-3H3. The van der Waals surface area contributed by atoms with Crippen LogP contribution in [0.15, 0.2) is 24.4 Å². The van der Waals surface area contributed by atoms with Gasteiger partial charge in [-0.25, -0.2) is 4.98 Å². The van der Waals surface area contributed by atoms with Crippen LogP contribution in [0.3, 0.4) is 0 Å². The molecule has 1 N–H and O–H groups in total. The summed E-state index contributed by atoms with van der Waals surface area (Å²) in [6, 6.07) is 5.74. The minimum atomic E-state index is 0.122. The number of anilines is 1. The van der Waals surface area contributed by atoms with Gasteiger partial charge in [0.2, 0.25) is 0 Å². The lowest BCUT2D eigenvalue weighted by atomic mass is 10.3. The third kappa shape index (κ3) is 4.11. The molecule has 0 amide bonds. The minimum Gasteiger partial charge on any atom is -0.489 e. The number of ether oxygens (including phenoxy) is 1. The van der Waals surface area contributed by atoms with Gasteiger partial charge in [-0.1, -0.05) is 11.6 Å². The van der Waals surface area contributed by atoms with Crippen LogP contribution in [-0.2, 0) is 6.54 Å². The molecule has 2 rings (SSSR count). The maximum atomic E-state index is 6.18.